The Kier molecular flexibility index (Phi) is 1.60. The van der Waals surface area contributed by atoms with Crippen molar-refractivity contribution in [3.8, 4) is 0 Å². The van der Waals surface area contributed by atoms with E-state index in [4.69, 9.17) is 10.1 Å². The van der Waals surface area contributed by atoms with Crippen molar-refractivity contribution in [1.29, 1.82) is 5.41 Å². The zero-order chi connectivity index (χ0) is 7.84. The molecule has 2 atom stereocenters. The lowest BCUT2D eigenvalue weighted by atomic mass is 10.2. The van der Waals surface area contributed by atoms with Gasteiger partial charge in [0.1, 0.15) is 0 Å². The van der Waals surface area contributed by atoms with Crippen LogP contribution in [-0.2, 0) is 4.74 Å². The van der Waals surface area contributed by atoms with Gasteiger partial charge >= 0.3 is 0 Å². The number of amidine groups is 1. The molecule has 0 spiro atoms. The second kappa shape index (κ2) is 2.48. The highest BCUT2D eigenvalue weighted by atomic mass is 16.5. The first-order chi connectivity index (χ1) is 5.25. The summed E-state index contributed by atoms with van der Waals surface area (Å²) in [5.41, 5.74) is 0. The Morgan fingerprint density at radius 3 is 2.36 bits per heavy atom. The fourth-order valence-corrected chi connectivity index (χ4v) is 1.89. The minimum absolute atomic E-state index is 0.411. The number of likely N-dealkylation sites (tertiary alicyclic amines) is 1. The van der Waals surface area contributed by atoms with Crippen molar-refractivity contribution in [3.05, 3.63) is 0 Å². The highest BCUT2D eigenvalue weighted by Gasteiger charge is 2.33. The summed E-state index contributed by atoms with van der Waals surface area (Å²) in [6, 6.07) is 0. The van der Waals surface area contributed by atoms with Gasteiger partial charge in [-0.15, -0.1) is 0 Å². The smallest absolute Gasteiger partial charge is 0.0927 e. The second-order valence-corrected chi connectivity index (χ2v) is 3.45. The molecule has 2 aliphatic rings. The first-order valence-electron chi connectivity index (χ1n) is 4.21. The number of nitrogens with one attached hydrogen (secondary N) is 1. The lowest BCUT2D eigenvalue weighted by Gasteiger charge is -2.32. The van der Waals surface area contributed by atoms with Crippen LogP contribution in [0, 0.1) is 5.41 Å². The highest BCUT2D eigenvalue weighted by molar-refractivity contribution is 5.76. The molecule has 0 aromatic heterocycles. The molecule has 62 valence electrons. The van der Waals surface area contributed by atoms with Crippen LogP contribution in [0.4, 0.5) is 0 Å². The number of fused-ring (bicyclic) bond motifs is 2. The molecule has 0 aromatic carbocycles. The van der Waals surface area contributed by atoms with E-state index in [1.807, 2.05) is 6.92 Å². The second-order valence-electron chi connectivity index (χ2n) is 3.45. The summed E-state index contributed by atoms with van der Waals surface area (Å²) in [6.45, 7) is 3.72. The Balaban J connectivity index is 2.02. The van der Waals surface area contributed by atoms with E-state index in [1.165, 1.54) is 12.8 Å². The Morgan fingerprint density at radius 1 is 1.36 bits per heavy atom. The molecular formula is C8H14N2O. The molecule has 0 aliphatic carbocycles. The van der Waals surface area contributed by atoms with Crippen molar-refractivity contribution in [1.82, 2.24) is 4.90 Å². The Morgan fingerprint density at radius 2 is 1.91 bits per heavy atom. The maximum absolute atomic E-state index is 7.47. The summed E-state index contributed by atoms with van der Waals surface area (Å²) in [6.07, 6.45) is 3.20. The van der Waals surface area contributed by atoms with Crippen molar-refractivity contribution < 1.29 is 4.74 Å². The SMILES string of the molecule is CC(=N)N1CC2CCC(C1)O2. The first kappa shape index (κ1) is 7.10. The van der Waals surface area contributed by atoms with Crippen molar-refractivity contribution in [2.45, 2.75) is 32.0 Å². The first-order valence-corrected chi connectivity index (χ1v) is 4.21. The van der Waals surface area contributed by atoms with E-state index in [9.17, 15) is 0 Å². The predicted octanol–water partition coefficient (Wildman–Crippen LogP) is 0.847. The average molecular weight is 154 g/mol. The van der Waals surface area contributed by atoms with Gasteiger partial charge in [0.2, 0.25) is 0 Å². The Bertz CT molecular complexity index is 169. The molecule has 2 bridgehead atoms. The van der Waals surface area contributed by atoms with Gasteiger partial charge < -0.3 is 9.64 Å². The van der Waals surface area contributed by atoms with E-state index in [0.29, 0.717) is 18.0 Å². The van der Waals surface area contributed by atoms with E-state index in [1.54, 1.807) is 0 Å². The van der Waals surface area contributed by atoms with Gasteiger partial charge in [0.15, 0.2) is 0 Å². The van der Waals surface area contributed by atoms with E-state index < -0.39 is 0 Å². The van der Waals surface area contributed by atoms with Gasteiger partial charge in [0.25, 0.3) is 0 Å². The predicted molar refractivity (Wildman–Crippen MR) is 42.9 cm³/mol. The summed E-state index contributed by atoms with van der Waals surface area (Å²) < 4.78 is 5.64. The van der Waals surface area contributed by atoms with Crippen LogP contribution in [0.15, 0.2) is 0 Å². The molecule has 1 N–H and O–H groups in total. The largest absolute Gasteiger partial charge is 0.371 e. The molecule has 0 radical (unpaired) electrons. The zero-order valence-corrected chi connectivity index (χ0v) is 6.84. The maximum Gasteiger partial charge on any atom is 0.0927 e. The molecular weight excluding hydrogens is 140 g/mol. The van der Waals surface area contributed by atoms with Crippen LogP contribution in [0.25, 0.3) is 0 Å². The molecule has 3 heteroatoms. The third-order valence-electron chi connectivity index (χ3n) is 2.52. The lowest BCUT2D eigenvalue weighted by Crippen LogP contribution is -2.44. The van der Waals surface area contributed by atoms with Crippen LogP contribution in [0.5, 0.6) is 0 Å². The van der Waals surface area contributed by atoms with Gasteiger partial charge in [0.05, 0.1) is 18.0 Å². The molecule has 0 amide bonds. The van der Waals surface area contributed by atoms with Crippen LogP contribution in [0.2, 0.25) is 0 Å². The lowest BCUT2D eigenvalue weighted by molar-refractivity contribution is -0.0161. The van der Waals surface area contributed by atoms with E-state index >= 15 is 0 Å². The van der Waals surface area contributed by atoms with Crippen LogP contribution in [0.3, 0.4) is 0 Å². The minimum atomic E-state index is 0.411. The van der Waals surface area contributed by atoms with Crippen molar-refractivity contribution in [2.24, 2.45) is 0 Å². The maximum atomic E-state index is 7.47. The molecule has 0 saturated carbocycles. The quantitative estimate of drug-likeness (QED) is 0.415. The fourth-order valence-electron chi connectivity index (χ4n) is 1.89. The summed E-state index contributed by atoms with van der Waals surface area (Å²) in [5, 5.41) is 7.47. The molecule has 2 rings (SSSR count). The zero-order valence-electron chi connectivity index (χ0n) is 6.84. The number of rotatable bonds is 0. The molecule has 2 aliphatic heterocycles. The monoisotopic (exact) mass is 154 g/mol. The number of morpholine rings is 1. The molecule has 2 unspecified atom stereocenters. The average Bonchev–Trinajstić information content (AvgIpc) is 2.30. The minimum Gasteiger partial charge on any atom is -0.371 e. The summed E-state index contributed by atoms with van der Waals surface area (Å²) >= 11 is 0. The van der Waals surface area contributed by atoms with E-state index in [-0.39, 0.29) is 0 Å². The number of ether oxygens (including phenoxy) is 1. The molecule has 2 saturated heterocycles. The van der Waals surface area contributed by atoms with Crippen LogP contribution < -0.4 is 0 Å². The third kappa shape index (κ3) is 1.25. The van der Waals surface area contributed by atoms with Gasteiger partial charge in [-0.2, -0.15) is 0 Å². The van der Waals surface area contributed by atoms with Crippen LogP contribution in [-0.4, -0.2) is 36.0 Å². The van der Waals surface area contributed by atoms with Crippen LogP contribution in [0.1, 0.15) is 19.8 Å². The van der Waals surface area contributed by atoms with Gasteiger partial charge in [-0.25, -0.2) is 0 Å². The van der Waals surface area contributed by atoms with Gasteiger partial charge in [-0.1, -0.05) is 0 Å². The summed E-state index contributed by atoms with van der Waals surface area (Å²) in [4.78, 5) is 2.12. The standard InChI is InChI=1S/C8H14N2O/c1-6(9)10-4-7-2-3-8(5-10)11-7/h7-9H,2-5H2,1H3. The molecule has 2 heterocycles. The van der Waals surface area contributed by atoms with E-state index in [0.717, 1.165) is 13.1 Å². The molecule has 3 nitrogen and oxygen atoms in total. The molecule has 0 aromatic rings. The summed E-state index contributed by atoms with van der Waals surface area (Å²) in [7, 11) is 0. The Hall–Kier alpha value is -0.570. The normalized spacial score (nSPS) is 35.9. The van der Waals surface area contributed by atoms with Gasteiger partial charge in [-0.05, 0) is 19.8 Å². The van der Waals surface area contributed by atoms with E-state index in [2.05, 4.69) is 4.90 Å². The number of hydrogen-bond donors (Lipinski definition) is 1. The number of nitrogens with zero attached hydrogens (tertiary/aromatic N) is 1. The fraction of sp³-hybridized carbons (Fsp3) is 0.875. The van der Waals surface area contributed by atoms with Crippen LogP contribution >= 0.6 is 0 Å². The molecule has 11 heavy (non-hydrogen) atoms. The number of hydrogen-bond acceptors (Lipinski definition) is 2. The van der Waals surface area contributed by atoms with Crippen molar-refractivity contribution in [3.63, 3.8) is 0 Å². The van der Waals surface area contributed by atoms with Crippen molar-refractivity contribution in [2.75, 3.05) is 13.1 Å². The van der Waals surface area contributed by atoms with Crippen molar-refractivity contribution >= 4 is 5.84 Å². The topological polar surface area (TPSA) is 36.3 Å². The van der Waals surface area contributed by atoms with Gasteiger partial charge in [0, 0.05) is 13.1 Å². The highest BCUT2D eigenvalue weighted by Crippen LogP contribution is 2.25. The summed E-state index contributed by atoms with van der Waals surface area (Å²) in [5.74, 6) is 0.685. The Labute approximate surface area is 66.8 Å². The van der Waals surface area contributed by atoms with Gasteiger partial charge in [-0.3, -0.25) is 5.41 Å². The molecule has 2 fully saturated rings. The third-order valence-corrected chi connectivity index (χ3v) is 2.52.